The third-order valence-electron chi connectivity index (χ3n) is 1.16. The van der Waals surface area contributed by atoms with Crippen LogP contribution in [0.25, 0.3) is 0 Å². The molecule has 0 fully saturated rings. The van der Waals surface area contributed by atoms with Crippen LogP contribution < -0.4 is 4.74 Å². The Bertz CT molecular complexity index is 279. The average molecular weight is 180 g/mol. The van der Waals surface area contributed by atoms with E-state index >= 15 is 0 Å². The lowest BCUT2D eigenvalue weighted by Crippen LogP contribution is -2.19. The number of aryl methyl sites for hydroxylation is 2. The van der Waals surface area contributed by atoms with E-state index in [2.05, 4.69) is 9.72 Å². The predicted octanol–water partition coefficient (Wildman–Crippen LogP) is 1.63. The molecule has 1 aromatic heterocycles. The topological polar surface area (TPSA) is 27.1 Å². The molecular formula is C6H7F3N2O. The molecule has 0 bridgehead atoms. The highest BCUT2D eigenvalue weighted by Crippen LogP contribution is 2.20. The molecular weight excluding hydrogens is 173 g/mol. The summed E-state index contributed by atoms with van der Waals surface area (Å²) in [5, 5.41) is 0. The van der Waals surface area contributed by atoms with Crippen molar-refractivity contribution in [2.45, 2.75) is 13.3 Å². The Morgan fingerprint density at radius 2 is 2.08 bits per heavy atom. The minimum atomic E-state index is -4.68. The summed E-state index contributed by atoms with van der Waals surface area (Å²) in [4.78, 5) is 3.52. The maximum atomic E-state index is 11.7. The van der Waals surface area contributed by atoms with Gasteiger partial charge in [0.15, 0.2) is 0 Å². The third-order valence-corrected chi connectivity index (χ3v) is 1.16. The highest BCUT2D eigenvalue weighted by atomic mass is 19.4. The quantitative estimate of drug-likeness (QED) is 0.656. The predicted molar refractivity (Wildman–Crippen MR) is 34.6 cm³/mol. The average Bonchev–Trinajstić information content (AvgIpc) is 2.06. The molecule has 6 heteroatoms. The lowest BCUT2D eigenvalue weighted by atomic mass is 10.6. The van der Waals surface area contributed by atoms with Gasteiger partial charge in [-0.05, 0) is 6.92 Å². The van der Waals surface area contributed by atoms with Crippen LogP contribution in [0.3, 0.4) is 0 Å². The van der Waals surface area contributed by atoms with Crippen molar-refractivity contribution in [1.82, 2.24) is 9.55 Å². The Hall–Kier alpha value is -1.20. The Labute approximate surface area is 66.8 Å². The molecule has 0 atom stereocenters. The standard InChI is InChI=1S/C6H7F3N2O/c1-4-3-11(2)5(10-4)12-6(7,8)9/h3H,1-2H3. The summed E-state index contributed by atoms with van der Waals surface area (Å²) in [6.07, 6.45) is -3.23. The summed E-state index contributed by atoms with van der Waals surface area (Å²) in [6, 6.07) is -0.444. The highest BCUT2D eigenvalue weighted by molar-refractivity contribution is 5.05. The molecule has 0 radical (unpaired) electrons. The molecule has 0 saturated carbocycles. The molecule has 0 unspecified atom stereocenters. The van der Waals surface area contributed by atoms with Crippen molar-refractivity contribution in [3.8, 4) is 6.01 Å². The van der Waals surface area contributed by atoms with E-state index in [9.17, 15) is 13.2 Å². The summed E-state index contributed by atoms with van der Waals surface area (Å²) in [7, 11) is 1.43. The van der Waals surface area contributed by atoms with E-state index in [0.717, 1.165) is 0 Å². The summed E-state index contributed by atoms with van der Waals surface area (Å²) in [6.45, 7) is 1.59. The number of halogens is 3. The summed E-state index contributed by atoms with van der Waals surface area (Å²) in [5.74, 6) is 0. The molecule has 0 aliphatic carbocycles. The molecule has 0 aliphatic heterocycles. The van der Waals surface area contributed by atoms with Crippen molar-refractivity contribution in [1.29, 1.82) is 0 Å². The molecule has 1 rings (SSSR count). The van der Waals surface area contributed by atoms with Gasteiger partial charge in [-0.25, -0.2) is 4.98 Å². The molecule has 0 aromatic carbocycles. The molecule has 0 spiro atoms. The van der Waals surface area contributed by atoms with Crippen molar-refractivity contribution in [2.75, 3.05) is 0 Å². The Balaban J connectivity index is 2.82. The van der Waals surface area contributed by atoms with Crippen LogP contribution in [-0.4, -0.2) is 15.9 Å². The number of ether oxygens (including phenoxy) is 1. The fourth-order valence-electron chi connectivity index (χ4n) is 0.792. The molecule has 12 heavy (non-hydrogen) atoms. The van der Waals surface area contributed by atoms with Crippen molar-refractivity contribution in [3.63, 3.8) is 0 Å². The summed E-state index contributed by atoms with van der Waals surface area (Å²) in [5.41, 5.74) is 0.483. The van der Waals surface area contributed by atoms with E-state index in [4.69, 9.17) is 0 Å². The van der Waals surface area contributed by atoms with Crippen molar-refractivity contribution >= 4 is 0 Å². The van der Waals surface area contributed by atoms with Gasteiger partial charge in [-0.2, -0.15) is 0 Å². The molecule has 0 amide bonds. The second kappa shape index (κ2) is 2.69. The zero-order chi connectivity index (χ0) is 9.35. The number of imidazole rings is 1. The first kappa shape index (κ1) is 8.89. The van der Waals surface area contributed by atoms with E-state index in [1.54, 1.807) is 6.92 Å². The second-order valence-corrected chi connectivity index (χ2v) is 2.32. The number of rotatable bonds is 1. The number of aromatic nitrogens is 2. The van der Waals surface area contributed by atoms with Crippen molar-refractivity contribution in [2.24, 2.45) is 7.05 Å². The molecule has 0 N–H and O–H groups in total. The smallest absolute Gasteiger partial charge is 0.372 e. The minimum absolute atomic E-state index is 0.444. The first-order valence-corrected chi connectivity index (χ1v) is 3.14. The molecule has 0 saturated heterocycles. The van der Waals surface area contributed by atoms with Crippen LogP contribution >= 0.6 is 0 Å². The van der Waals surface area contributed by atoms with Crippen LogP contribution in [-0.2, 0) is 7.05 Å². The largest absolute Gasteiger partial charge is 0.575 e. The van der Waals surface area contributed by atoms with Crippen LogP contribution in [0.2, 0.25) is 0 Å². The van der Waals surface area contributed by atoms with Gasteiger partial charge < -0.3 is 9.30 Å². The zero-order valence-electron chi connectivity index (χ0n) is 6.51. The molecule has 3 nitrogen and oxygen atoms in total. The van der Waals surface area contributed by atoms with Crippen LogP contribution in [0, 0.1) is 6.92 Å². The van der Waals surface area contributed by atoms with E-state index < -0.39 is 12.4 Å². The van der Waals surface area contributed by atoms with E-state index in [-0.39, 0.29) is 0 Å². The lowest BCUT2D eigenvalue weighted by Gasteiger charge is -2.06. The van der Waals surface area contributed by atoms with Gasteiger partial charge in [-0.15, -0.1) is 13.2 Å². The normalized spacial score (nSPS) is 11.8. The van der Waals surface area contributed by atoms with Crippen LogP contribution in [0.1, 0.15) is 5.69 Å². The highest BCUT2D eigenvalue weighted by Gasteiger charge is 2.33. The first-order valence-electron chi connectivity index (χ1n) is 3.14. The van der Waals surface area contributed by atoms with Crippen LogP contribution in [0.15, 0.2) is 6.20 Å². The fourth-order valence-corrected chi connectivity index (χ4v) is 0.792. The molecule has 1 aromatic rings. The Kier molecular flexibility index (Phi) is 1.99. The van der Waals surface area contributed by atoms with Gasteiger partial charge in [-0.1, -0.05) is 0 Å². The number of hydrogen-bond acceptors (Lipinski definition) is 2. The van der Waals surface area contributed by atoms with Gasteiger partial charge in [0.2, 0.25) is 0 Å². The van der Waals surface area contributed by atoms with Gasteiger partial charge in [0.25, 0.3) is 0 Å². The number of alkyl halides is 3. The van der Waals surface area contributed by atoms with E-state index in [0.29, 0.717) is 5.69 Å². The number of nitrogens with zero attached hydrogens (tertiary/aromatic N) is 2. The first-order chi connectivity index (χ1) is 5.38. The van der Waals surface area contributed by atoms with Gasteiger partial charge in [0.1, 0.15) is 0 Å². The molecule has 0 aliphatic rings. The monoisotopic (exact) mass is 180 g/mol. The van der Waals surface area contributed by atoms with E-state index in [1.807, 2.05) is 0 Å². The van der Waals surface area contributed by atoms with Crippen molar-refractivity contribution in [3.05, 3.63) is 11.9 Å². The van der Waals surface area contributed by atoms with E-state index in [1.165, 1.54) is 17.8 Å². The van der Waals surface area contributed by atoms with Crippen LogP contribution in [0.4, 0.5) is 13.2 Å². The minimum Gasteiger partial charge on any atom is -0.372 e. The SMILES string of the molecule is Cc1cn(C)c(OC(F)(F)F)n1. The third kappa shape index (κ3) is 2.14. The van der Waals surface area contributed by atoms with Gasteiger partial charge in [0, 0.05) is 13.2 Å². The Morgan fingerprint density at radius 1 is 1.50 bits per heavy atom. The Morgan fingerprint density at radius 3 is 2.42 bits per heavy atom. The maximum absolute atomic E-state index is 11.7. The summed E-state index contributed by atoms with van der Waals surface area (Å²) < 4.78 is 39.7. The lowest BCUT2D eigenvalue weighted by molar-refractivity contribution is -0.278. The zero-order valence-corrected chi connectivity index (χ0v) is 6.51. The second-order valence-electron chi connectivity index (χ2n) is 2.32. The number of hydrogen-bond donors (Lipinski definition) is 0. The maximum Gasteiger partial charge on any atom is 0.575 e. The fraction of sp³-hybridized carbons (Fsp3) is 0.500. The van der Waals surface area contributed by atoms with Crippen LogP contribution in [0.5, 0.6) is 6.01 Å². The van der Waals surface area contributed by atoms with Gasteiger partial charge >= 0.3 is 12.4 Å². The van der Waals surface area contributed by atoms with Gasteiger partial charge in [-0.3, -0.25) is 0 Å². The molecule has 68 valence electrons. The molecule has 1 heterocycles. The van der Waals surface area contributed by atoms with Gasteiger partial charge in [0.05, 0.1) is 5.69 Å². The van der Waals surface area contributed by atoms with Crippen molar-refractivity contribution < 1.29 is 17.9 Å². The summed E-state index contributed by atoms with van der Waals surface area (Å²) >= 11 is 0.